The highest BCUT2D eigenvalue weighted by atomic mass is 32.2. The Morgan fingerprint density at radius 3 is 1.27 bits per heavy atom. The average Bonchev–Trinajstić information content (AvgIpc) is 3.23. The Balaban J connectivity index is 0.000000238. The predicted octanol–water partition coefficient (Wildman–Crippen LogP) is 9.45. The van der Waals surface area contributed by atoms with E-state index in [1.165, 1.54) is 97.6 Å². The maximum Gasteiger partial charge on any atom is 0.416 e. The maximum atomic E-state index is 13.2. The van der Waals surface area contributed by atoms with Crippen LogP contribution >= 0.6 is 0 Å². The molecule has 2 aromatic heterocycles. The Labute approximate surface area is 358 Å². The summed E-state index contributed by atoms with van der Waals surface area (Å²) < 4.78 is 146. The number of pyridine rings is 2. The molecule has 0 aliphatic carbocycles. The zero-order valence-corrected chi connectivity index (χ0v) is 34.9. The number of sulfonamides is 2. The molecule has 12 nitrogen and oxygen atoms in total. The van der Waals surface area contributed by atoms with Gasteiger partial charge in [0.15, 0.2) is 11.6 Å². The lowest BCUT2D eigenvalue weighted by atomic mass is 10.00. The van der Waals surface area contributed by atoms with Gasteiger partial charge in [-0.25, -0.2) is 16.8 Å². The normalized spacial score (nSPS) is 11.8. The number of ether oxygens (including phenoxy) is 2. The van der Waals surface area contributed by atoms with Crippen molar-refractivity contribution in [2.24, 2.45) is 0 Å². The highest BCUT2D eigenvalue weighted by molar-refractivity contribution is 7.93. The van der Waals surface area contributed by atoms with Gasteiger partial charge in [-0.2, -0.15) is 26.3 Å². The summed E-state index contributed by atoms with van der Waals surface area (Å²) in [5.74, 6) is -0.638. The van der Waals surface area contributed by atoms with Crippen LogP contribution in [0.3, 0.4) is 0 Å². The summed E-state index contributed by atoms with van der Waals surface area (Å²) in [5, 5.41) is 0. The van der Waals surface area contributed by atoms with Gasteiger partial charge in [-0.3, -0.25) is 29.0 Å². The van der Waals surface area contributed by atoms with Gasteiger partial charge in [0.1, 0.15) is 11.5 Å². The van der Waals surface area contributed by atoms with Crippen LogP contribution in [0.5, 0.6) is 11.5 Å². The molecule has 20 heteroatoms. The SMILES string of the molecule is CC(C)Oc1ccc(S(=O)(=O)Nc2ccc(C(F)(F)F)cc2C(=O)c2ccncc2)cc1.CCOc1ccc(S(=O)(=O)Nc2ccc(C(F)(F)F)cc2C(=O)c2ccncc2)cc1. The van der Waals surface area contributed by atoms with Crippen LogP contribution in [0.25, 0.3) is 0 Å². The third-order valence-corrected chi connectivity index (χ3v) is 11.3. The van der Waals surface area contributed by atoms with Crippen molar-refractivity contribution in [2.75, 3.05) is 16.1 Å². The van der Waals surface area contributed by atoms with E-state index < -0.39 is 66.2 Å². The molecule has 6 aromatic rings. The fourth-order valence-electron chi connectivity index (χ4n) is 5.57. The molecule has 0 spiro atoms. The first-order chi connectivity index (χ1) is 29.6. The van der Waals surface area contributed by atoms with Crippen molar-refractivity contribution in [1.82, 2.24) is 9.97 Å². The van der Waals surface area contributed by atoms with Gasteiger partial charge in [-0.05, 0) is 130 Å². The van der Waals surface area contributed by atoms with Crippen LogP contribution in [0.4, 0.5) is 37.7 Å². The van der Waals surface area contributed by atoms with Gasteiger partial charge in [0.05, 0.1) is 45.0 Å². The third kappa shape index (κ3) is 12.4. The van der Waals surface area contributed by atoms with Crippen molar-refractivity contribution in [2.45, 2.75) is 49.0 Å². The van der Waals surface area contributed by atoms with Crippen LogP contribution in [-0.4, -0.2) is 51.1 Å². The molecule has 0 bridgehead atoms. The molecule has 330 valence electrons. The summed E-state index contributed by atoms with van der Waals surface area (Å²) in [7, 11) is -8.38. The molecular weight excluding hydrogens is 879 g/mol. The minimum absolute atomic E-state index is 0.0648. The number of aromatic nitrogens is 2. The number of rotatable bonds is 14. The van der Waals surface area contributed by atoms with Crippen LogP contribution < -0.4 is 18.9 Å². The number of alkyl halides is 6. The van der Waals surface area contributed by atoms with E-state index in [1.807, 2.05) is 13.8 Å². The average molecular weight is 915 g/mol. The van der Waals surface area contributed by atoms with Crippen molar-refractivity contribution in [3.8, 4) is 11.5 Å². The lowest BCUT2D eigenvalue weighted by Crippen LogP contribution is -2.17. The molecule has 0 aliphatic heterocycles. The van der Waals surface area contributed by atoms with Crippen molar-refractivity contribution >= 4 is 43.0 Å². The number of halogens is 6. The second-order valence-electron chi connectivity index (χ2n) is 13.4. The number of nitrogens with zero attached hydrogens (tertiary/aromatic N) is 2. The number of carbonyl (C=O) groups is 2. The number of ketones is 2. The van der Waals surface area contributed by atoms with Gasteiger partial charge >= 0.3 is 12.4 Å². The van der Waals surface area contributed by atoms with Crippen LogP contribution in [0.2, 0.25) is 0 Å². The fourth-order valence-corrected chi connectivity index (χ4v) is 7.73. The summed E-state index contributed by atoms with van der Waals surface area (Å²) >= 11 is 0. The van der Waals surface area contributed by atoms with E-state index in [-0.39, 0.29) is 38.4 Å². The number of benzene rings is 4. The Bertz CT molecular complexity index is 2770. The Kier molecular flexibility index (Phi) is 14.6. The second-order valence-corrected chi connectivity index (χ2v) is 16.8. The largest absolute Gasteiger partial charge is 0.494 e. The summed E-state index contributed by atoms with van der Waals surface area (Å²) in [6, 6.07) is 20.8. The standard InChI is InChI=1S/C22H19F3N2O4S.C21H17F3N2O4S/c1-14(2)31-17-4-6-18(7-5-17)32(29,30)27-20-8-3-16(22(23,24)25)13-19(20)21(28)15-9-11-26-12-10-15;1-2-30-16-4-6-17(7-5-16)31(28,29)26-19-8-3-15(21(22,23)24)13-18(19)20(27)14-9-11-25-12-10-14/h3-14,27H,1-2H3;3-13,26H,2H2,1H3. The number of nitrogens with one attached hydrogen (secondary N) is 2. The first-order valence-corrected chi connectivity index (χ1v) is 21.4. The molecular formula is C43H36F6N4O8S2. The Morgan fingerprint density at radius 2 is 0.937 bits per heavy atom. The van der Waals surface area contributed by atoms with Gasteiger partial charge in [0.2, 0.25) is 0 Å². The molecule has 0 saturated carbocycles. The van der Waals surface area contributed by atoms with E-state index in [0.29, 0.717) is 42.4 Å². The molecule has 2 heterocycles. The lowest BCUT2D eigenvalue weighted by Gasteiger charge is -2.15. The summed E-state index contributed by atoms with van der Waals surface area (Å²) in [6.45, 7) is 5.81. The van der Waals surface area contributed by atoms with Gasteiger partial charge in [0.25, 0.3) is 20.0 Å². The molecule has 2 N–H and O–H groups in total. The number of hydrogen-bond donors (Lipinski definition) is 2. The summed E-state index contributed by atoms with van der Waals surface area (Å²) in [6.07, 6.45) is -4.28. The molecule has 63 heavy (non-hydrogen) atoms. The van der Waals surface area contributed by atoms with Crippen molar-refractivity contribution in [3.63, 3.8) is 0 Å². The lowest BCUT2D eigenvalue weighted by molar-refractivity contribution is -0.138. The second kappa shape index (κ2) is 19.5. The smallest absolute Gasteiger partial charge is 0.416 e. The topological polar surface area (TPSA) is 171 Å². The van der Waals surface area contributed by atoms with Crippen molar-refractivity contribution in [3.05, 3.63) is 167 Å². The number of hydrogen-bond acceptors (Lipinski definition) is 10. The minimum atomic E-state index is -4.71. The molecule has 0 amide bonds. The van der Waals surface area contributed by atoms with E-state index in [1.54, 1.807) is 6.92 Å². The molecule has 6 rings (SSSR count). The van der Waals surface area contributed by atoms with E-state index in [4.69, 9.17) is 9.47 Å². The minimum Gasteiger partial charge on any atom is -0.494 e. The molecule has 0 radical (unpaired) electrons. The molecule has 0 atom stereocenters. The zero-order valence-electron chi connectivity index (χ0n) is 33.2. The van der Waals surface area contributed by atoms with Crippen molar-refractivity contribution < 1.29 is 62.2 Å². The van der Waals surface area contributed by atoms with E-state index >= 15 is 0 Å². The quantitative estimate of drug-likeness (QED) is 0.0793. The third-order valence-electron chi connectivity index (χ3n) is 8.51. The Hall–Kier alpha value is -6.80. The van der Waals surface area contributed by atoms with E-state index in [2.05, 4.69) is 19.4 Å². The van der Waals surface area contributed by atoms with Gasteiger partial charge in [0, 0.05) is 47.0 Å². The monoisotopic (exact) mass is 914 g/mol. The van der Waals surface area contributed by atoms with Crippen LogP contribution in [0.1, 0.15) is 63.7 Å². The molecule has 0 fully saturated rings. The molecule has 0 unspecified atom stereocenters. The van der Waals surface area contributed by atoms with Gasteiger partial charge in [-0.1, -0.05) is 0 Å². The summed E-state index contributed by atoms with van der Waals surface area (Å²) in [5.41, 5.74) is -3.44. The highest BCUT2D eigenvalue weighted by Crippen LogP contribution is 2.35. The summed E-state index contributed by atoms with van der Waals surface area (Å²) in [4.78, 5) is 33.0. The molecule has 0 aliphatic rings. The zero-order chi connectivity index (χ0) is 46.2. The fraction of sp³-hybridized carbons (Fsp3) is 0.163. The van der Waals surface area contributed by atoms with Crippen LogP contribution in [-0.2, 0) is 32.4 Å². The first-order valence-electron chi connectivity index (χ1n) is 18.5. The predicted molar refractivity (Wildman–Crippen MR) is 220 cm³/mol. The van der Waals surface area contributed by atoms with Gasteiger partial charge in [-0.15, -0.1) is 0 Å². The molecule has 4 aromatic carbocycles. The van der Waals surface area contributed by atoms with Crippen LogP contribution in [0.15, 0.2) is 144 Å². The Morgan fingerprint density at radius 1 is 0.571 bits per heavy atom. The van der Waals surface area contributed by atoms with Crippen molar-refractivity contribution in [1.29, 1.82) is 0 Å². The van der Waals surface area contributed by atoms with E-state index in [0.717, 1.165) is 12.1 Å². The van der Waals surface area contributed by atoms with E-state index in [9.17, 15) is 52.8 Å². The number of anilines is 2. The van der Waals surface area contributed by atoms with Crippen LogP contribution in [0, 0.1) is 0 Å². The molecule has 0 saturated heterocycles. The van der Waals surface area contributed by atoms with Gasteiger partial charge < -0.3 is 9.47 Å². The highest BCUT2D eigenvalue weighted by Gasteiger charge is 2.34. The first kappa shape index (κ1) is 47.3. The maximum absolute atomic E-state index is 13.2. The number of carbonyl (C=O) groups excluding carboxylic acids is 2.